The number of sulfone groups is 1. The summed E-state index contributed by atoms with van der Waals surface area (Å²) in [4.78, 5) is 8.30. The van der Waals surface area contributed by atoms with E-state index in [0.29, 0.717) is 27.9 Å². The Hall–Kier alpha value is -3.58. The van der Waals surface area contributed by atoms with Crippen LogP contribution in [0.1, 0.15) is 5.56 Å². The Balaban J connectivity index is 1.70. The number of rotatable bonds is 5. The van der Waals surface area contributed by atoms with Gasteiger partial charge in [-0.25, -0.2) is 17.8 Å². The van der Waals surface area contributed by atoms with E-state index in [-0.39, 0.29) is 16.5 Å². The smallest absolute Gasteiger partial charge is 0.182 e. The number of aromatic nitrogens is 2. The van der Waals surface area contributed by atoms with E-state index in [1.165, 1.54) is 18.5 Å². The Morgan fingerprint density at radius 1 is 0.833 bits per heavy atom. The third-order valence-electron chi connectivity index (χ3n) is 4.69. The van der Waals surface area contributed by atoms with Gasteiger partial charge in [0.05, 0.1) is 28.7 Å². The van der Waals surface area contributed by atoms with E-state index in [2.05, 4.69) is 9.97 Å². The lowest BCUT2D eigenvalue weighted by atomic mass is 9.98. The highest BCUT2D eigenvalue weighted by Gasteiger charge is 2.18. The predicted octanol–water partition coefficient (Wildman–Crippen LogP) is 4.51. The first kappa shape index (κ1) is 19.7. The molecule has 3 aromatic carbocycles. The van der Waals surface area contributed by atoms with Gasteiger partial charge in [0.25, 0.3) is 0 Å². The Bertz CT molecular complexity index is 1290. The molecule has 0 saturated heterocycles. The zero-order valence-electron chi connectivity index (χ0n) is 15.9. The van der Waals surface area contributed by atoms with Crippen molar-refractivity contribution in [1.29, 1.82) is 0 Å². The summed E-state index contributed by atoms with van der Waals surface area (Å²) in [6.45, 7) is 0. The van der Waals surface area contributed by atoms with Crippen LogP contribution in [0, 0.1) is 5.82 Å². The highest BCUT2D eigenvalue weighted by atomic mass is 32.2. The van der Waals surface area contributed by atoms with Gasteiger partial charge in [-0.3, -0.25) is 4.98 Å². The molecule has 5 nitrogen and oxygen atoms in total. The number of halogens is 1. The molecule has 1 aromatic heterocycles. The number of nitrogens with zero attached hydrogens (tertiary/aromatic N) is 2. The first-order valence-corrected chi connectivity index (χ1v) is 10.8. The Labute approximate surface area is 174 Å². The summed E-state index contributed by atoms with van der Waals surface area (Å²) in [6, 6.07) is 20.1. The van der Waals surface area contributed by atoms with E-state index in [1.807, 2.05) is 0 Å². The average Bonchev–Trinajstić information content (AvgIpc) is 2.75. The summed E-state index contributed by atoms with van der Waals surface area (Å²) < 4.78 is 40.5. The predicted molar refractivity (Wildman–Crippen MR) is 115 cm³/mol. The standard InChI is InChI=1S/C23H18FN3O2S/c24-21-12-16(10-11-20(21)22-13-27-23(25)14-26-22)19-9-5-4-6-17(19)15-30(28,29)18-7-2-1-3-8-18/h1-14H,15H2,(H2,25,27). The molecule has 0 aliphatic carbocycles. The zero-order valence-corrected chi connectivity index (χ0v) is 16.7. The van der Waals surface area contributed by atoms with E-state index >= 15 is 0 Å². The molecule has 4 rings (SSSR count). The molecule has 150 valence electrons. The van der Waals surface area contributed by atoms with Crippen LogP contribution in [0.4, 0.5) is 10.2 Å². The van der Waals surface area contributed by atoms with Gasteiger partial charge in [0.15, 0.2) is 9.84 Å². The molecule has 0 atom stereocenters. The Kier molecular flexibility index (Phi) is 5.29. The summed E-state index contributed by atoms with van der Waals surface area (Å²) in [5.41, 5.74) is 8.03. The van der Waals surface area contributed by atoms with Crippen molar-refractivity contribution in [2.75, 3.05) is 5.73 Å². The van der Waals surface area contributed by atoms with Crippen LogP contribution in [0.5, 0.6) is 0 Å². The molecule has 7 heteroatoms. The number of nitrogens with two attached hydrogens (primary N) is 1. The summed E-state index contributed by atoms with van der Waals surface area (Å²) in [7, 11) is -3.53. The fourth-order valence-electron chi connectivity index (χ4n) is 3.21. The molecule has 2 N–H and O–H groups in total. The lowest BCUT2D eigenvalue weighted by Crippen LogP contribution is -2.06. The number of nitrogen functional groups attached to an aromatic ring is 1. The van der Waals surface area contributed by atoms with Crippen LogP contribution in [0.2, 0.25) is 0 Å². The molecule has 0 spiro atoms. The van der Waals surface area contributed by atoms with Gasteiger partial charge in [0.1, 0.15) is 11.6 Å². The van der Waals surface area contributed by atoms with Crippen molar-refractivity contribution in [2.45, 2.75) is 10.6 Å². The second-order valence-electron chi connectivity index (χ2n) is 6.75. The highest BCUT2D eigenvalue weighted by Crippen LogP contribution is 2.30. The normalized spacial score (nSPS) is 11.4. The van der Waals surface area contributed by atoms with Crippen molar-refractivity contribution in [3.63, 3.8) is 0 Å². The maximum atomic E-state index is 14.8. The first-order chi connectivity index (χ1) is 14.4. The lowest BCUT2D eigenvalue weighted by Gasteiger charge is -2.12. The van der Waals surface area contributed by atoms with Gasteiger partial charge in [-0.1, -0.05) is 48.5 Å². The van der Waals surface area contributed by atoms with E-state index in [1.54, 1.807) is 66.7 Å². The van der Waals surface area contributed by atoms with Crippen LogP contribution in [-0.2, 0) is 15.6 Å². The molecule has 0 saturated carbocycles. The monoisotopic (exact) mass is 419 g/mol. The summed E-state index contributed by atoms with van der Waals surface area (Å²) in [6.07, 6.45) is 2.78. The minimum absolute atomic E-state index is 0.181. The van der Waals surface area contributed by atoms with Crippen LogP contribution in [0.3, 0.4) is 0 Å². The lowest BCUT2D eigenvalue weighted by molar-refractivity contribution is 0.595. The molecule has 0 fully saturated rings. The Morgan fingerprint density at radius 2 is 1.57 bits per heavy atom. The molecule has 1 heterocycles. The quantitative estimate of drug-likeness (QED) is 0.515. The van der Waals surface area contributed by atoms with Crippen molar-refractivity contribution in [1.82, 2.24) is 9.97 Å². The zero-order chi connectivity index (χ0) is 21.1. The number of hydrogen-bond acceptors (Lipinski definition) is 5. The van der Waals surface area contributed by atoms with Crippen molar-refractivity contribution < 1.29 is 12.8 Å². The minimum atomic E-state index is -3.53. The third-order valence-corrected chi connectivity index (χ3v) is 6.37. The fraction of sp³-hybridized carbons (Fsp3) is 0.0435. The van der Waals surface area contributed by atoms with Crippen molar-refractivity contribution >= 4 is 15.7 Å². The topological polar surface area (TPSA) is 85.9 Å². The fourth-order valence-corrected chi connectivity index (χ4v) is 4.61. The van der Waals surface area contributed by atoms with Gasteiger partial charge in [0.2, 0.25) is 0 Å². The van der Waals surface area contributed by atoms with E-state index in [9.17, 15) is 12.8 Å². The van der Waals surface area contributed by atoms with Crippen LogP contribution < -0.4 is 5.73 Å². The molecule has 0 radical (unpaired) electrons. The number of benzene rings is 3. The van der Waals surface area contributed by atoms with Crippen LogP contribution >= 0.6 is 0 Å². The molecular weight excluding hydrogens is 401 g/mol. The largest absolute Gasteiger partial charge is 0.382 e. The molecule has 0 bridgehead atoms. The van der Waals surface area contributed by atoms with Crippen molar-refractivity contribution in [3.8, 4) is 22.4 Å². The summed E-state index contributed by atoms with van der Waals surface area (Å²) in [5.74, 6) is -0.406. The first-order valence-electron chi connectivity index (χ1n) is 9.17. The van der Waals surface area contributed by atoms with E-state index < -0.39 is 15.7 Å². The van der Waals surface area contributed by atoms with Crippen molar-refractivity contribution in [2.24, 2.45) is 0 Å². The molecular formula is C23H18FN3O2S. The highest BCUT2D eigenvalue weighted by molar-refractivity contribution is 7.90. The van der Waals surface area contributed by atoms with Crippen LogP contribution in [0.25, 0.3) is 22.4 Å². The molecule has 0 aliphatic rings. The SMILES string of the molecule is Nc1cnc(-c2ccc(-c3ccccc3CS(=O)(=O)c3ccccc3)cc2F)cn1. The average molecular weight is 419 g/mol. The minimum Gasteiger partial charge on any atom is -0.382 e. The molecule has 0 aliphatic heterocycles. The number of hydrogen-bond donors (Lipinski definition) is 1. The van der Waals surface area contributed by atoms with E-state index in [4.69, 9.17) is 5.73 Å². The van der Waals surface area contributed by atoms with Gasteiger partial charge in [-0.2, -0.15) is 0 Å². The van der Waals surface area contributed by atoms with Crippen molar-refractivity contribution in [3.05, 3.63) is 96.6 Å². The van der Waals surface area contributed by atoms with E-state index in [0.717, 1.165) is 0 Å². The maximum Gasteiger partial charge on any atom is 0.182 e. The van der Waals surface area contributed by atoms with Crippen LogP contribution in [0.15, 0.2) is 90.1 Å². The van der Waals surface area contributed by atoms with Gasteiger partial charge in [-0.05, 0) is 41.0 Å². The van der Waals surface area contributed by atoms with Gasteiger partial charge in [-0.15, -0.1) is 0 Å². The molecule has 4 aromatic rings. The van der Waals surface area contributed by atoms with Crippen LogP contribution in [-0.4, -0.2) is 18.4 Å². The summed E-state index contributed by atoms with van der Waals surface area (Å²) in [5, 5.41) is 0. The van der Waals surface area contributed by atoms with Gasteiger partial charge >= 0.3 is 0 Å². The van der Waals surface area contributed by atoms with Gasteiger partial charge in [0, 0.05) is 5.56 Å². The molecule has 30 heavy (non-hydrogen) atoms. The second kappa shape index (κ2) is 8.04. The van der Waals surface area contributed by atoms with Gasteiger partial charge < -0.3 is 5.73 Å². The number of anilines is 1. The summed E-state index contributed by atoms with van der Waals surface area (Å²) >= 11 is 0. The third kappa shape index (κ3) is 4.06. The molecule has 0 unspecified atom stereocenters. The molecule has 0 amide bonds. The Morgan fingerprint density at radius 3 is 2.27 bits per heavy atom. The second-order valence-corrected chi connectivity index (χ2v) is 8.74. The maximum absolute atomic E-state index is 14.8.